The van der Waals surface area contributed by atoms with Crippen LogP contribution >= 0.6 is 0 Å². The lowest BCUT2D eigenvalue weighted by atomic mass is 9.56. The molecule has 0 amide bonds. The first-order chi connectivity index (χ1) is 6.27. The minimum atomic E-state index is 0.546. The van der Waals surface area contributed by atoms with Crippen LogP contribution in [0.25, 0.3) is 0 Å². The smallest absolute Gasteiger partial charge is 0.130 e. The lowest BCUT2D eigenvalue weighted by molar-refractivity contribution is -0.0110. The van der Waals surface area contributed by atoms with Crippen molar-refractivity contribution < 1.29 is 4.74 Å². The first-order valence-electron chi connectivity index (χ1n) is 5.63. The summed E-state index contributed by atoms with van der Waals surface area (Å²) in [4.78, 5) is 2.55. The second kappa shape index (κ2) is 4.01. The number of piperidine rings is 1. The van der Waals surface area contributed by atoms with Crippen molar-refractivity contribution in [3.63, 3.8) is 0 Å². The Morgan fingerprint density at radius 1 is 1.46 bits per heavy atom. The molecule has 0 saturated carbocycles. The molecule has 2 aliphatic rings. The van der Waals surface area contributed by atoms with Crippen LogP contribution in [-0.2, 0) is 4.74 Å². The quantitative estimate of drug-likeness (QED) is 0.562. The molecule has 3 heteroatoms. The number of hydrogen-bond acceptors (Lipinski definition) is 2. The summed E-state index contributed by atoms with van der Waals surface area (Å²) < 4.78 is 5.82. The van der Waals surface area contributed by atoms with Gasteiger partial charge in [-0.1, -0.05) is 6.32 Å². The molecule has 2 aliphatic heterocycles. The van der Waals surface area contributed by atoms with Crippen LogP contribution < -0.4 is 0 Å². The zero-order valence-electron chi connectivity index (χ0n) is 8.83. The highest BCUT2D eigenvalue weighted by atomic mass is 16.5. The van der Waals surface area contributed by atoms with Gasteiger partial charge in [0, 0.05) is 19.2 Å². The average Bonchev–Trinajstić information content (AvgIpc) is 2.17. The van der Waals surface area contributed by atoms with E-state index in [1.807, 2.05) is 0 Å². The Hall–Kier alpha value is -0.0151. The van der Waals surface area contributed by atoms with E-state index >= 15 is 0 Å². The summed E-state index contributed by atoms with van der Waals surface area (Å²) >= 11 is 0. The number of ether oxygens (including phenoxy) is 1. The predicted molar refractivity (Wildman–Crippen MR) is 56.8 cm³/mol. The molecule has 0 aromatic carbocycles. The molecule has 13 heavy (non-hydrogen) atoms. The van der Waals surface area contributed by atoms with Crippen molar-refractivity contribution in [3.05, 3.63) is 0 Å². The number of likely N-dealkylation sites (tertiary alicyclic amines) is 1. The summed E-state index contributed by atoms with van der Waals surface area (Å²) in [7, 11) is 1.40. The van der Waals surface area contributed by atoms with Crippen molar-refractivity contribution >= 4 is 7.28 Å². The topological polar surface area (TPSA) is 12.5 Å². The molecule has 2 rings (SSSR count). The molecule has 0 aromatic rings. The normalized spacial score (nSPS) is 35.6. The molecule has 2 fully saturated rings. The van der Waals surface area contributed by atoms with E-state index in [0.29, 0.717) is 12.1 Å². The maximum Gasteiger partial charge on any atom is 0.130 e. The Bertz CT molecular complexity index is 174. The van der Waals surface area contributed by atoms with Gasteiger partial charge in [-0.15, -0.1) is 0 Å². The van der Waals surface area contributed by atoms with Crippen molar-refractivity contribution in [3.8, 4) is 0 Å². The fourth-order valence-corrected chi connectivity index (χ4v) is 2.56. The van der Waals surface area contributed by atoms with Crippen molar-refractivity contribution in [2.24, 2.45) is 0 Å². The third kappa shape index (κ3) is 2.08. The molecule has 0 radical (unpaired) electrons. The van der Waals surface area contributed by atoms with Gasteiger partial charge in [0.05, 0.1) is 6.10 Å². The third-order valence-electron chi connectivity index (χ3n) is 3.51. The second-order valence-electron chi connectivity index (χ2n) is 4.69. The summed E-state index contributed by atoms with van der Waals surface area (Å²) in [5.41, 5.74) is 0. The molecular formula is C10H20BNO. The van der Waals surface area contributed by atoms with E-state index in [4.69, 9.17) is 4.74 Å². The van der Waals surface area contributed by atoms with Crippen molar-refractivity contribution in [2.45, 2.75) is 44.6 Å². The minimum absolute atomic E-state index is 0.546. The van der Waals surface area contributed by atoms with Crippen molar-refractivity contribution in [1.29, 1.82) is 0 Å². The molecule has 0 aliphatic carbocycles. The number of hydrogen-bond donors (Lipinski definition) is 0. The van der Waals surface area contributed by atoms with E-state index in [1.54, 1.807) is 0 Å². The van der Waals surface area contributed by atoms with E-state index < -0.39 is 0 Å². The second-order valence-corrected chi connectivity index (χ2v) is 4.69. The van der Waals surface area contributed by atoms with Gasteiger partial charge in [0.15, 0.2) is 0 Å². The van der Waals surface area contributed by atoms with Gasteiger partial charge in [0.1, 0.15) is 7.28 Å². The molecule has 0 bridgehead atoms. The van der Waals surface area contributed by atoms with E-state index in [0.717, 1.165) is 12.4 Å². The van der Waals surface area contributed by atoms with Gasteiger partial charge < -0.3 is 4.74 Å². The van der Waals surface area contributed by atoms with Crippen molar-refractivity contribution in [1.82, 2.24) is 4.90 Å². The van der Waals surface area contributed by atoms with E-state index in [9.17, 15) is 0 Å². The first kappa shape index (κ1) is 9.54. The molecule has 74 valence electrons. The van der Waals surface area contributed by atoms with Crippen LogP contribution in [-0.4, -0.2) is 44.0 Å². The molecule has 0 aromatic heterocycles. The Morgan fingerprint density at radius 3 is 3.08 bits per heavy atom. The average molecular weight is 181 g/mol. The molecule has 2 heterocycles. The lowest BCUT2D eigenvalue weighted by Gasteiger charge is -2.42. The van der Waals surface area contributed by atoms with Gasteiger partial charge in [-0.25, -0.2) is 0 Å². The highest BCUT2D eigenvalue weighted by Gasteiger charge is 2.33. The molecular weight excluding hydrogens is 161 g/mol. The summed E-state index contributed by atoms with van der Waals surface area (Å²) in [5.74, 6) is 0.865. The predicted octanol–water partition coefficient (Wildman–Crippen LogP) is 1.14. The zero-order chi connectivity index (χ0) is 9.26. The molecule has 0 N–H and O–H groups in total. The van der Waals surface area contributed by atoms with Gasteiger partial charge >= 0.3 is 0 Å². The Labute approximate surface area is 81.9 Å². The number of nitrogens with zero attached hydrogens (tertiary/aromatic N) is 1. The molecule has 1 unspecified atom stereocenters. The van der Waals surface area contributed by atoms with Gasteiger partial charge in [0.2, 0.25) is 0 Å². The fourth-order valence-electron chi connectivity index (χ4n) is 2.56. The Kier molecular flexibility index (Phi) is 2.94. The van der Waals surface area contributed by atoms with Crippen LogP contribution in [0.5, 0.6) is 0 Å². The van der Waals surface area contributed by atoms with Crippen LogP contribution in [0.1, 0.15) is 20.3 Å². The monoisotopic (exact) mass is 181 g/mol. The molecule has 0 spiro atoms. The molecule has 2 atom stereocenters. The van der Waals surface area contributed by atoms with Crippen molar-refractivity contribution in [2.75, 3.05) is 19.7 Å². The highest BCUT2D eigenvalue weighted by molar-refractivity contribution is 6.38. The van der Waals surface area contributed by atoms with E-state index in [1.165, 1.54) is 33.1 Å². The summed E-state index contributed by atoms with van der Waals surface area (Å²) in [6.45, 7) is 8.00. The van der Waals surface area contributed by atoms with Crippen LogP contribution in [0, 0.1) is 0 Å². The maximum absolute atomic E-state index is 5.82. The number of fused-ring (bicyclic) bond motifs is 1. The standard InChI is InChI=1S/C10H20BNO/c1-8(2)12-5-3-9-10(7-12)13-6-4-11-9/h8-11H,3-7H2,1-2H3/t9-,10?/m0/s1. The fraction of sp³-hybridized carbons (Fsp3) is 1.00. The lowest BCUT2D eigenvalue weighted by Crippen LogP contribution is -2.48. The Morgan fingerprint density at radius 2 is 2.31 bits per heavy atom. The van der Waals surface area contributed by atoms with Gasteiger partial charge in [-0.05, 0) is 32.6 Å². The minimum Gasteiger partial charge on any atom is -0.378 e. The number of rotatable bonds is 1. The van der Waals surface area contributed by atoms with Gasteiger partial charge in [0.25, 0.3) is 0 Å². The highest BCUT2D eigenvalue weighted by Crippen LogP contribution is 2.29. The van der Waals surface area contributed by atoms with E-state index in [-0.39, 0.29) is 0 Å². The van der Waals surface area contributed by atoms with Crippen LogP contribution in [0.15, 0.2) is 0 Å². The molecule has 2 nitrogen and oxygen atoms in total. The Balaban J connectivity index is 1.91. The largest absolute Gasteiger partial charge is 0.378 e. The summed E-state index contributed by atoms with van der Waals surface area (Å²) in [6.07, 6.45) is 3.18. The SMILES string of the molecule is CC(C)N1CC[C@@H]2BCCOC2C1. The first-order valence-corrected chi connectivity index (χ1v) is 5.63. The van der Waals surface area contributed by atoms with E-state index in [2.05, 4.69) is 18.7 Å². The summed E-state index contributed by atoms with van der Waals surface area (Å²) in [6, 6.07) is 0.687. The van der Waals surface area contributed by atoms with Crippen LogP contribution in [0.4, 0.5) is 0 Å². The van der Waals surface area contributed by atoms with Gasteiger partial charge in [-0.2, -0.15) is 0 Å². The summed E-state index contributed by atoms with van der Waals surface area (Å²) in [5, 5.41) is 0. The maximum atomic E-state index is 5.82. The molecule has 2 saturated heterocycles. The van der Waals surface area contributed by atoms with Crippen LogP contribution in [0.2, 0.25) is 12.1 Å². The third-order valence-corrected chi connectivity index (χ3v) is 3.51. The zero-order valence-corrected chi connectivity index (χ0v) is 8.83. The van der Waals surface area contributed by atoms with Gasteiger partial charge in [-0.3, -0.25) is 4.90 Å². The van der Waals surface area contributed by atoms with Crippen LogP contribution in [0.3, 0.4) is 0 Å².